The monoisotopic (exact) mass is 249 g/mol. The molecule has 1 N–H and O–H groups in total. The Morgan fingerprint density at radius 1 is 1.28 bits per heavy atom. The first kappa shape index (κ1) is 13.3. The molecule has 1 heterocycles. The largest absolute Gasteiger partial charge is 0.477 e. The molecule has 0 radical (unpaired) electrons. The Hall–Kier alpha value is -1.16. The van der Waals surface area contributed by atoms with Gasteiger partial charge in [0.25, 0.3) is 0 Å². The third kappa shape index (κ3) is 5.00. The van der Waals surface area contributed by atoms with Gasteiger partial charge in [-0.25, -0.2) is 0 Å². The van der Waals surface area contributed by atoms with Crippen LogP contribution < -0.4 is 10.1 Å². The summed E-state index contributed by atoms with van der Waals surface area (Å²) in [6, 6.07) is 3.87. The molecule has 4 nitrogen and oxygen atoms in total. The van der Waals surface area contributed by atoms with E-state index in [9.17, 15) is 0 Å². The highest BCUT2D eigenvalue weighted by Crippen LogP contribution is 2.32. The molecule has 0 aliphatic heterocycles. The van der Waals surface area contributed by atoms with Gasteiger partial charge in [0.2, 0.25) is 5.88 Å². The molecule has 0 atom stereocenters. The summed E-state index contributed by atoms with van der Waals surface area (Å²) in [5, 5.41) is 11.6. The second-order valence-electron chi connectivity index (χ2n) is 6.05. The van der Waals surface area contributed by atoms with Gasteiger partial charge >= 0.3 is 0 Å². The molecule has 1 aromatic heterocycles. The average molecular weight is 249 g/mol. The second kappa shape index (κ2) is 5.65. The van der Waals surface area contributed by atoms with Gasteiger partial charge in [-0.2, -0.15) is 5.10 Å². The van der Waals surface area contributed by atoms with Crippen molar-refractivity contribution in [1.82, 2.24) is 15.5 Å². The fourth-order valence-corrected chi connectivity index (χ4v) is 1.61. The number of hydrogen-bond acceptors (Lipinski definition) is 4. The average Bonchev–Trinajstić information content (AvgIpc) is 3.11. The lowest BCUT2D eigenvalue weighted by Gasteiger charge is -2.19. The van der Waals surface area contributed by atoms with Crippen LogP contribution >= 0.6 is 0 Å². The van der Waals surface area contributed by atoms with Crippen LogP contribution in [0.15, 0.2) is 12.1 Å². The first-order valence-corrected chi connectivity index (χ1v) is 6.73. The zero-order valence-corrected chi connectivity index (χ0v) is 11.6. The summed E-state index contributed by atoms with van der Waals surface area (Å²) in [5.41, 5.74) is 1.04. The maximum atomic E-state index is 5.56. The molecule has 1 fully saturated rings. The molecule has 4 heteroatoms. The van der Waals surface area contributed by atoms with Crippen LogP contribution in [-0.2, 0) is 6.54 Å². The lowest BCUT2D eigenvalue weighted by molar-refractivity contribution is 0.287. The van der Waals surface area contributed by atoms with E-state index in [0.29, 0.717) is 5.88 Å². The van der Waals surface area contributed by atoms with Crippen molar-refractivity contribution >= 4 is 0 Å². The molecular formula is C14H23N3O. The van der Waals surface area contributed by atoms with Crippen LogP contribution in [0.5, 0.6) is 5.88 Å². The van der Waals surface area contributed by atoms with Crippen LogP contribution in [-0.4, -0.2) is 22.3 Å². The van der Waals surface area contributed by atoms with Crippen LogP contribution in [0.4, 0.5) is 0 Å². The van der Waals surface area contributed by atoms with Crippen LogP contribution in [0.25, 0.3) is 0 Å². The van der Waals surface area contributed by atoms with Crippen LogP contribution in [0.1, 0.15) is 45.7 Å². The Balaban J connectivity index is 1.73. The highest BCUT2D eigenvalue weighted by atomic mass is 16.5. The number of nitrogens with zero attached hydrogens (tertiary/aromatic N) is 2. The third-order valence-corrected chi connectivity index (χ3v) is 2.97. The molecular weight excluding hydrogens is 226 g/mol. The number of ether oxygens (including phenoxy) is 1. The maximum absolute atomic E-state index is 5.56. The second-order valence-corrected chi connectivity index (χ2v) is 6.05. The Morgan fingerprint density at radius 3 is 2.61 bits per heavy atom. The van der Waals surface area contributed by atoms with E-state index in [1.165, 1.54) is 12.8 Å². The van der Waals surface area contributed by atoms with Crippen molar-refractivity contribution in [2.45, 2.75) is 52.1 Å². The van der Waals surface area contributed by atoms with Gasteiger partial charge in [0.1, 0.15) is 0 Å². The highest BCUT2D eigenvalue weighted by molar-refractivity contribution is 5.11. The molecule has 1 aromatic rings. The smallest absolute Gasteiger partial charge is 0.233 e. The molecule has 0 unspecified atom stereocenters. The summed E-state index contributed by atoms with van der Waals surface area (Å²) in [5.74, 6) is 1.53. The minimum absolute atomic E-state index is 0.0983. The Labute approximate surface area is 109 Å². The molecule has 0 aromatic carbocycles. The molecule has 0 amide bonds. The minimum atomic E-state index is 0.0983. The zero-order valence-electron chi connectivity index (χ0n) is 11.6. The van der Waals surface area contributed by atoms with Crippen molar-refractivity contribution in [3.63, 3.8) is 0 Å². The predicted octanol–water partition coefficient (Wildman–Crippen LogP) is 2.54. The Morgan fingerprint density at radius 2 is 2.06 bits per heavy atom. The molecule has 100 valence electrons. The number of nitrogens with one attached hydrogen (secondary N) is 1. The van der Waals surface area contributed by atoms with Crippen LogP contribution in [0.2, 0.25) is 0 Å². The third-order valence-electron chi connectivity index (χ3n) is 2.97. The predicted molar refractivity (Wildman–Crippen MR) is 71.5 cm³/mol. The van der Waals surface area contributed by atoms with E-state index in [-0.39, 0.29) is 5.54 Å². The van der Waals surface area contributed by atoms with E-state index >= 15 is 0 Å². The van der Waals surface area contributed by atoms with Gasteiger partial charge in [-0.1, -0.05) is 12.8 Å². The number of aromatic nitrogens is 2. The summed E-state index contributed by atoms with van der Waals surface area (Å²) < 4.78 is 5.56. The molecule has 0 bridgehead atoms. The van der Waals surface area contributed by atoms with Crippen LogP contribution in [0, 0.1) is 5.92 Å². The lowest BCUT2D eigenvalue weighted by Crippen LogP contribution is -2.35. The van der Waals surface area contributed by atoms with Gasteiger partial charge < -0.3 is 10.1 Å². The Kier molecular flexibility index (Phi) is 4.17. The SMILES string of the molecule is CC(C)(C)NCc1ccc(OCCC2CC2)nn1. The van der Waals surface area contributed by atoms with Gasteiger partial charge in [0.15, 0.2) is 0 Å². The van der Waals surface area contributed by atoms with Crippen LogP contribution in [0.3, 0.4) is 0 Å². The summed E-state index contributed by atoms with van der Waals surface area (Å²) >= 11 is 0. The Bertz CT molecular complexity index is 366. The topological polar surface area (TPSA) is 47.0 Å². The van der Waals surface area contributed by atoms with E-state index in [4.69, 9.17) is 4.74 Å². The van der Waals surface area contributed by atoms with Crippen molar-refractivity contribution < 1.29 is 4.74 Å². The van der Waals surface area contributed by atoms with Gasteiger partial charge in [0.05, 0.1) is 12.3 Å². The summed E-state index contributed by atoms with van der Waals surface area (Å²) in [7, 11) is 0. The molecule has 1 saturated carbocycles. The van der Waals surface area contributed by atoms with Crippen molar-refractivity contribution in [2.24, 2.45) is 5.92 Å². The van der Waals surface area contributed by atoms with Gasteiger partial charge in [-0.05, 0) is 39.2 Å². The summed E-state index contributed by atoms with van der Waals surface area (Å²) in [6.45, 7) is 7.90. The standard InChI is InChI=1S/C14H23N3O/c1-14(2,3)15-10-12-6-7-13(17-16-12)18-9-8-11-4-5-11/h6-7,11,15H,4-5,8-10H2,1-3H3. The normalized spacial score (nSPS) is 15.7. The molecule has 1 aliphatic carbocycles. The minimum Gasteiger partial charge on any atom is -0.477 e. The highest BCUT2D eigenvalue weighted by Gasteiger charge is 2.20. The number of rotatable bonds is 6. The van der Waals surface area contributed by atoms with E-state index < -0.39 is 0 Å². The van der Waals surface area contributed by atoms with Crippen molar-refractivity contribution in [2.75, 3.05) is 6.61 Å². The molecule has 18 heavy (non-hydrogen) atoms. The van der Waals surface area contributed by atoms with E-state index in [1.54, 1.807) is 0 Å². The van der Waals surface area contributed by atoms with Gasteiger partial charge in [-0.15, -0.1) is 5.10 Å². The molecule has 0 saturated heterocycles. The van der Waals surface area contributed by atoms with Gasteiger partial charge in [0, 0.05) is 18.2 Å². The van der Waals surface area contributed by atoms with Crippen molar-refractivity contribution in [3.8, 4) is 5.88 Å². The van der Waals surface area contributed by atoms with E-state index in [0.717, 1.165) is 31.2 Å². The fraction of sp³-hybridized carbons (Fsp3) is 0.714. The molecule has 0 spiro atoms. The summed E-state index contributed by atoms with van der Waals surface area (Å²) in [4.78, 5) is 0. The fourth-order valence-electron chi connectivity index (χ4n) is 1.61. The van der Waals surface area contributed by atoms with E-state index in [1.807, 2.05) is 12.1 Å². The molecule has 1 aliphatic rings. The lowest BCUT2D eigenvalue weighted by atomic mass is 10.1. The molecule has 2 rings (SSSR count). The van der Waals surface area contributed by atoms with Crippen molar-refractivity contribution in [1.29, 1.82) is 0 Å². The van der Waals surface area contributed by atoms with Crippen molar-refractivity contribution in [3.05, 3.63) is 17.8 Å². The summed E-state index contributed by atoms with van der Waals surface area (Å²) in [6.07, 6.45) is 3.88. The first-order valence-electron chi connectivity index (χ1n) is 6.73. The zero-order chi connectivity index (χ0) is 13.0. The first-order chi connectivity index (χ1) is 8.53. The number of hydrogen-bond donors (Lipinski definition) is 1. The maximum Gasteiger partial charge on any atom is 0.233 e. The quantitative estimate of drug-likeness (QED) is 0.841. The van der Waals surface area contributed by atoms with E-state index in [2.05, 4.69) is 36.3 Å². The van der Waals surface area contributed by atoms with Gasteiger partial charge in [-0.3, -0.25) is 0 Å².